The van der Waals surface area contributed by atoms with E-state index in [-0.39, 0.29) is 11.5 Å². The summed E-state index contributed by atoms with van der Waals surface area (Å²) in [6.45, 7) is 1.79. The van der Waals surface area contributed by atoms with Gasteiger partial charge in [0, 0.05) is 16.5 Å². The Morgan fingerprint density at radius 1 is 1.58 bits per heavy atom. The predicted molar refractivity (Wildman–Crippen MR) is 50.4 cm³/mol. The first kappa shape index (κ1) is 9.26. The van der Waals surface area contributed by atoms with Crippen LogP contribution in [0.15, 0.2) is 22.7 Å². The molecule has 0 aromatic heterocycles. The molecule has 1 N–H and O–H groups in total. The van der Waals surface area contributed by atoms with Gasteiger partial charge in [0.15, 0.2) is 5.78 Å². The van der Waals surface area contributed by atoms with Gasteiger partial charge in [0.05, 0.1) is 0 Å². The van der Waals surface area contributed by atoms with Crippen LogP contribution in [0.2, 0.25) is 0 Å². The Morgan fingerprint density at radius 3 is 2.83 bits per heavy atom. The number of hydrogen-bond acceptors (Lipinski definition) is 2. The van der Waals surface area contributed by atoms with Gasteiger partial charge in [0.1, 0.15) is 5.75 Å². The molecule has 0 aliphatic rings. The normalized spacial score (nSPS) is 9.83. The quantitative estimate of drug-likeness (QED) is 0.791. The molecule has 0 aliphatic heterocycles. The van der Waals surface area contributed by atoms with Crippen molar-refractivity contribution in [2.75, 3.05) is 0 Å². The van der Waals surface area contributed by atoms with Crippen LogP contribution in [0.4, 0.5) is 0 Å². The average Bonchev–Trinajstić information content (AvgIpc) is 2.08. The van der Waals surface area contributed by atoms with Crippen molar-refractivity contribution in [2.24, 2.45) is 0 Å². The molecule has 1 aromatic carbocycles. The number of aromatic hydroxyl groups is 1. The van der Waals surface area contributed by atoms with Crippen LogP contribution in [0.3, 0.4) is 0 Å². The smallest absolute Gasteiger partial charge is 0.163 e. The predicted octanol–water partition coefficient (Wildman–Crippen LogP) is 2.75. The van der Waals surface area contributed by atoms with Crippen molar-refractivity contribution in [1.29, 1.82) is 0 Å². The van der Waals surface area contributed by atoms with Gasteiger partial charge in [-0.15, -0.1) is 0 Å². The Morgan fingerprint density at radius 2 is 2.25 bits per heavy atom. The number of Topliss-reactive ketones (excluding diaryl/α,β-unsaturated/α-hetero) is 1. The lowest BCUT2D eigenvalue weighted by molar-refractivity contribution is 0.0987. The van der Waals surface area contributed by atoms with Crippen molar-refractivity contribution in [3.63, 3.8) is 0 Å². The Kier molecular flexibility index (Phi) is 2.87. The van der Waals surface area contributed by atoms with Gasteiger partial charge in [-0.3, -0.25) is 4.79 Å². The molecule has 0 aliphatic carbocycles. The Hall–Kier alpha value is -0.830. The second-order valence-corrected chi connectivity index (χ2v) is 3.30. The number of halogens is 1. The molecule has 0 saturated heterocycles. The van der Waals surface area contributed by atoms with Crippen molar-refractivity contribution in [3.8, 4) is 5.75 Å². The van der Waals surface area contributed by atoms with E-state index >= 15 is 0 Å². The van der Waals surface area contributed by atoms with E-state index in [1.165, 1.54) is 12.1 Å². The third-order valence-corrected chi connectivity index (χ3v) is 2.26. The number of carbonyl (C=O) groups excluding carboxylic acids is 1. The van der Waals surface area contributed by atoms with Crippen molar-refractivity contribution < 1.29 is 9.90 Å². The van der Waals surface area contributed by atoms with Crippen LogP contribution in [0, 0.1) is 0 Å². The minimum atomic E-state index is 0.0257. The summed E-state index contributed by atoms with van der Waals surface area (Å²) in [6.07, 6.45) is 0.446. The van der Waals surface area contributed by atoms with E-state index in [4.69, 9.17) is 5.11 Å². The van der Waals surface area contributed by atoms with Crippen LogP contribution in [0.25, 0.3) is 0 Å². The lowest BCUT2D eigenvalue weighted by Gasteiger charge is -2.01. The van der Waals surface area contributed by atoms with Gasteiger partial charge in [-0.1, -0.05) is 22.9 Å². The summed E-state index contributed by atoms with van der Waals surface area (Å²) >= 11 is 3.24. The molecule has 2 nitrogen and oxygen atoms in total. The summed E-state index contributed by atoms with van der Waals surface area (Å²) in [5, 5.41) is 9.11. The molecule has 0 fully saturated rings. The van der Waals surface area contributed by atoms with Gasteiger partial charge >= 0.3 is 0 Å². The fourth-order valence-corrected chi connectivity index (χ4v) is 1.39. The lowest BCUT2D eigenvalue weighted by Crippen LogP contribution is -1.96. The van der Waals surface area contributed by atoms with Crippen molar-refractivity contribution >= 4 is 21.7 Å². The number of rotatable bonds is 2. The highest BCUT2D eigenvalue weighted by atomic mass is 79.9. The molecule has 12 heavy (non-hydrogen) atoms. The molecule has 64 valence electrons. The largest absolute Gasteiger partial charge is 0.508 e. The first-order valence-electron chi connectivity index (χ1n) is 3.67. The number of hydrogen-bond donors (Lipinski definition) is 1. The van der Waals surface area contributed by atoms with Crippen LogP contribution in [-0.4, -0.2) is 10.9 Å². The van der Waals surface area contributed by atoms with Crippen LogP contribution in [0.5, 0.6) is 5.75 Å². The fourth-order valence-electron chi connectivity index (χ4n) is 0.917. The van der Waals surface area contributed by atoms with Crippen LogP contribution in [-0.2, 0) is 0 Å². The van der Waals surface area contributed by atoms with E-state index < -0.39 is 0 Å². The average molecular weight is 229 g/mol. The van der Waals surface area contributed by atoms with Crippen molar-refractivity contribution in [2.45, 2.75) is 13.3 Å². The van der Waals surface area contributed by atoms with E-state index in [2.05, 4.69) is 15.9 Å². The first-order chi connectivity index (χ1) is 5.65. The van der Waals surface area contributed by atoms with E-state index in [0.29, 0.717) is 12.0 Å². The first-order valence-corrected chi connectivity index (χ1v) is 4.46. The molecular weight excluding hydrogens is 220 g/mol. The minimum absolute atomic E-state index is 0.0257. The maximum Gasteiger partial charge on any atom is 0.163 e. The summed E-state index contributed by atoms with van der Waals surface area (Å²) < 4.78 is 0.729. The van der Waals surface area contributed by atoms with E-state index in [1.807, 2.05) is 0 Å². The zero-order valence-corrected chi connectivity index (χ0v) is 8.26. The number of benzene rings is 1. The molecule has 0 atom stereocenters. The fraction of sp³-hybridized carbons (Fsp3) is 0.222. The molecule has 0 amide bonds. The monoisotopic (exact) mass is 228 g/mol. The third-order valence-electron chi connectivity index (χ3n) is 1.57. The topological polar surface area (TPSA) is 37.3 Å². The highest BCUT2D eigenvalue weighted by Gasteiger charge is 2.07. The lowest BCUT2D eigenvalue weighted by atomic mass is 10.1. The Labute approximate surface area is 79.3 Å². The Bertz CT molecular complexity index is 307. The van der Waals surface area contributed by atoms with E-state index in [1.54, 1.807) is 13.0 Å². The summed E-state index contributed by atoms with van der Waals surface area (Å²) in [5.74, 6) is 0.146. The maximum absolute atomic E-state index is 11.2. The summed E-state index contributed by atoms with van der Waals surface area (Å²) in [5.41, 5.74) is 0.539. The van der Waals surface area contributed by atoms with Crippen LogP contribution in [0.1, 0.15) is 23.7 Å². The van der Waals surface area contributed by atoms with Crippen LogP contribution >= 0.6 is 15.9 Å². The molecule has 0 heterocycles. The highest BCUT2D eigenvalue weighted by Crippen LogP contribution is 2.22. The van der Waals surface area contributed by atoms with Gasteiger partial charge < -0.3 is 5.11 Å². The van der Waals surface area contributed by atoms with E-state index in [0.717, 1.165) is 4.47 Å². The SMILES string of the molecule is CCC(=O)c1cc(O)ccc1Br. The molecular formula is C9H9BrO2. The number of phenols is 1. The molecule has 1 aromatic rings. The number of carbonyl (C=O) groups is 1. The standard InChI is InChI=1S/C9H9BrO2/c1-2-9(12)7-5-6(11)3-4-8(7)10/h3-5,11H,2H2,1H3. The van der Waals surface area contributed by atoms with Gasteiger partial charge in [0.2, 0.25) is 0 Å². The molecule has 1 rings (SSSR count). The Balaban J connectivity index is 3.13. The molecule has 3 heteroatoms. The molecule has 0 unspecified atom stereocenters. The molecule has 0 bridgehead atoms. The number of phenolic OH excluding ortho intramolecular Hbond substituents is 1. The molecule has 0 saturated carbocycles. The van der Waals surface area contributed by atoms with Gasteiger partial charge in [-0.2, -0.15) is 0 Å². The maximum atomic E-state index is 11.2. The molecule has 0 spiro atoms. The van der Waals surface area contributed by atoms with Gasteiger partial charge in [-0.05, 0) is 18.2 Å². The van der Waals surface area contributed by atoms with Gasteiger partial charge in [0.25, 0.3) is 0 Å². The third kappa shape index (κ3) is 1.85. The van der Waals surface area contributed by atoms with E-state index in [9.17, 15) is 4.79 Å². The summed E-state index contributed by atoms with van der Waals surface area (Å²) in [7, 11) is 0. The summed E-state index contributed by atoms with van der Waals surface area (Å²) in [6, 6.07) is 4.67. The van der Waals surface area contributed by atoms with Crippen molar-refractivity contribution in [3.05, 3.63) is 28.2 Å². The molecule has 0 radical (unpaired) electrons. The van der Waals surface area contributed by atoms with Gasteiger partial charge in [-0.25, -0.2) is 0 Å². The van der Waals surface area contributed by atoms with Crippen molar-refractivity contribution in [1.82, 2.24) is 0 Å². The summed E-state index contributed by atoms with van der Waals surface area (Å²) in [4.78, 5) is 11.2. The second kappa shape index (κ2) is 3.72. The zero-order chi connectivity index (χ0) is 9.14. The number of ketones is 1. The van der Waals surface area contributed by atoms with Crippen LogP contribution < -0.4 is 0 Å². The second-order valence-electron chi connectivity index (χ2n) is 2.44. The zero-order valence-electron chi connectivity index (χ0n) is 6.67. The highest BCUT2D eigenvalue weighted by molar-refractivity contribution is 9.10. The minimum Gasteiger partial charge on any atom is -0.508 e.